The predicted octanol–water partition coefficient (Wildman–Crippen LogP) is 1.80. The number of alkyl halides is 1. The van der Waals surface area contributed by atoms with Gasteiger partial charge in [-0.25, -0.2) is 0 Å². The highest BCUT2D eigenvalue weighted by atomic mass is 35.5. The van der Waals surface area contributed by atoms with Gasteiger partial charge in [0.15, 0.2) is 0 Å². The van der Waals surface area contributed by atoms with Gasteiger partial charge >= 0.3 is 0 Å². The van der Waals surface area contributed by atoms with E-state index in [9.17, 15) is 0 Å². The van der Waals surface area contributed by atoms with E-state index in [-0.39, 0.29) is 0 Å². The lowest BCUT2D eigenvalue weighted by molar-refractivity contribution is 0.0991. The lowest BCUT2D eigenvalue weighted by atomic mass is 10.2. The Labute approximate surface area is 94.0 Å². The normalized spacial score (nSPS) is 28.7. The molecule has 15 heavy (non-hydrogen) atoms. The minimum Gasteiger partial charge on any atom is -0.374 e. The van der Waals surface area contributed by atoms with Crippen LogP contribution in [-0.2, 0) is 10.6 Å². The minimum absolute atomic E-state index is 0.433. The summed E-state index contributed by atoms with van der Waals surface area (Å²) >= 11 is 5.78. The Morgan fingerprint density at radius 1 is 1.60 bits per heavy atom. The molecule has 0 N–H and O–H groups in total. The van der Waals surface area contributed by atoms with Gasteiger partial charge in [0, 0.05) is 18.4 Å². The molecule has 0 aliphatic carbocycles. The number of ether oxygens (including phenoxy) is 1. The van der Waals surface area contributed by atoms with E-state index in [0.717, 1.165) is 18.8 Å². The molecule has 3 rings (SSSR count). The first-order valence-electron chi connectivity index (χ1n) is 5.26. The van der Waals surface area contributed by atoms with Gasteiger partial charge in [-0.2, -0.15) is 0 Å². The Balaban J connectivity index is 1.86. The number of hydrogen-bond donors (Lipinski definition) is 0. The van der Waals surface area contributed by atoms with Crippen LogP contribution in [0.25, 0.3) is 0 Å². The Kier molecular flexibility index (Phi) is 2.29. The molecular formula is C11H13ClN2O. The van der Waals surface area contributed by atoms with Crippen LogP contribution >= 0.6 is 11.6 Å². The fourth-order valence-electron chi connectivity index (χ4n) is 2.43. The SMILES string of the molecule is ClCc1cc(N2CC3CC2CO3)ccn1. The molecule has 80 valence electrons. The van der Waals surface area contributed by atoms with Crippen molar-refractivity contribution in [3.8, 4) is 0 Å². The van der Waals surface area contributed by atoms with Gasteiger partial charge in [0.05, 0.1) is 30.3 Å². The number of hydrogen-bond acceptors (Lipinski definition) is 3. The molecule has 2 aliphatic heterocycles. The van der Waals surface area contributed by atoms with E-state index in [2.05, 4.69) is 22.0 Å². The van der Waals surface area contributed by atoms with Crippen molar-refractivity contribution < 1.29 is 4.74 Å². The second-order valence-corrected chi connectivity index (χ2v) is 4.40. The topological polar surface area (TPSA) is 25.4 Å². The van der Waals surface area contributed by atoms with Crippen molar-refractivity contribution in [1.82, 2.24) is 4.98 Å². The molecule has 3 nitrogen and oxygen atoms in total. The third-order valence-electron chi connectivity index (χ3n) is 3.17. The van der Waals surface area contributed by atoms with Crippen molar-refractivity contribution in [2.45, 2.75) is 24.4 Å². The number of fused-ring (bicyclic) bond motifs is 2. The molecule has 2 atom stereocenters. The number of pyridine rings is 1. The van der Waals surface area contributed by atoms with Crippen LogP contribution in [-0.4, -0.2) is 30.3 Å². The number of rotatable bonds is 2. The molecule has 0 aromatic carbocycles. The molecule has 4 heteroatoms. The fourth-order valence-corrected chi connectivity index (χ4v) is 2.58. The highest BCUT2D eigenvalue weighted by Gasteiger charge is 2.38. The molecule has 0 saturated carbocycles. The molecule has 2 fully saturated rings. The summed E-state index contributed by atoms with van der Waals surface area (Å²) in [6, 6.07) is 4.69. The van der Waals surface area contributed by atoms with Crippen LogP contribution in [0.4, 0.5) is 5.69 Å². The first kappa shape index (κ1) is 9.43. The molecule has 2 aliphatic rings. The Morgan fingerprint density at radius 2 is 2.53 bits per heavy atom. The van der Waals surface area contributed by atoms with Crippen molar-refractivity contribution >= 4 is 17.3 Å². The van der Waals surface area contributed by atoms with Gasteiger partial charge in [-0.05, 0) is 18.6 Å². The van der Waals surface area contributed by atoms with E-state index < -0.39 is 0 Å². The molecule has 2 saturated heterocycles. The van der Waals surface area contributed by atoms with Crippen LogP contribution < -0.4 is 4.90 Å². The van der Waals surface area contributed by atoms with Gasteiger partial charge in [-0.15, -0.1) is 11.6 Å². The van der Waals surface area contributed by atoms with E-state index in [1.54, 1.807) is 0 Å². The van der Waals surface area contributed by atoms with Crippen LogP contribution in [0.1, 0.15) is 12.1 Å². The summed E-state index contributed by atoms with van der Waals surface area (Å²) in [6.45, 7) is 1.87. The van der Waals surface area contributed by atoms with Gasteiger partial charge < -0.3 is 9.64 Å². The summed E-state index contributed by atoms with van der Waals surface area (Å²) in [5, 5.41) is 0. The Bertz CT molecular complexity index is 371. The van der Waals surface area contributed by atoms with E-state index in [1.165, 1.54) is 12.1 Å². The van der Waals surface area contributed by atoms with Crippen LogP contribution in [0.3, 0.4) is 0 Å². The minimum atomic E-state index is 0.433. The maximum absolute atomic E-state index is 5.78. The average molecular weight is 225 g/mol. The van der Waals surface area contributed by atoms with E-state index >= 15 is 0 Å². The van der Waals surface area contributed by atoms with Crippen molar-refractivity contribution in [2.75, 3.05) is 18.1 Å². The van der Waals surface area contributed by atoms with Crippen LogP contribution in [0.5, 0.6) is 0 Å². The lowest BCUT2D eigenvalue weighted by Crippen LogP contribution is -2.36. The standard InChI is InChI=1S/C11H13ClN2O/c12-5-8-3-9(1-2-13-8)14-6-11-4-10(14)7-15-11/h1-3,10-11H,4-7H2. The van der Waals surface area contributed by atoms with Crippen LogP contribution in [0, 0.1) is 0 Å². The van der Waals surface area contributed by atoms with E-state index in [0.29, 0.717) is 18.0 Å². The lowest BCUT2D eigenvalue weighted by Gasteiger charge is -2.29. The molecule has 0 amide bonds. The van der Waals surface area contributed by atoms with Crippen LogP contribution in [0.2, 0.25) is 0 Å². The average Bonchev–Trinajstić information content (AvgIpc) is 2.91. The zero-order valence-corrected chi connectivity index (χ0v) is 9.15. The first-order chi connectivity index (χ1) is 7.36. The highest BCUT2D eigenvalue weighted by molar-refractivity contribution is 6.16. The molecular weight excluding hydrogens is 212 g/mol. The van der Waals surface area contributed by atoms with Crippen molar-refractivity contribution in [3.63, 3.8) is 0 Å². The molecule has 1 aromatic heterocycles. The number of morpholine rings is 1. The van der Waals surface area contributed by atoms with Gasteiger partial charge in [0.1, 0.15) is 0 Å². The maximum atomic E-state index is 5.78. The van der Waals surface area contributed by atoms with Crippen molar-refractivity contribution in [2.24, 2.45) is 0 Å². The Morgan fingerprint density at radius 3 is 3.20 bits per heavy atom. The van der Waals surface area contributed by atoms with E-state index in [4.69, 9.17) is 16.3 Å². The molecule has 1 aromatic rings. The van der Waals surface area contributed by atoms with Crippen molar-refractivity contribution in [3.05, 3.63) is 24.0 Å². The van der Waals surface area contributed by atoms with Crippen LogP contribution in [0.15, 0.2) is 18.3 Å². The molecule has 3 heterocycles. The largest absolute Gasteiger partial charge is 0.374 e. The smallest absolute Gasteiger partial charge is 0.0771 e. The second kappa shape index (κ2) is 3.65. The third-order valence-corrected chi connectivity index (χ3v) is 3.44. The summed E-state index contributed by atoms with van der Waals surface area (Å²) in [5.74, 6) is 0.478. The summed E-state index contributed by atoms with van der Waals surface area (Å²) in [4.78, 5) is 6.61. The zero-order chi connectivity index (χ0) is 10.3. The summed E-state index contributed by atoms with van der Waals surface area (Å²) in [5.41, 5.74) is 2.18. The molecule has 0 radical (unpaired) electrons. The predicted molar refractivity (Wildman–Crippen MR) is 59.3 cm³/mol. The molecule has 0 spiro atoms. The van der Waals surface area contributed by atoms with Gasteiger partial charge in [0.25, 0.3) is 0 Å². The van der Waals surface area contributed by atoms with Gasteiger partial charge in [-0.1, -0.05) is 0 Å². The highest BCUT2D eigenvalue weighted by Crippen LogP contribution is 2.32. The molecule has 2 unspecified atom stereocenters. The van der Waals surface area contributed by atoms with Crippen molar-refractivity contribution in [1.29, 1.82) is 0 Å². The molecule has 2 bridgehead atoms. The Hall–Kier alpha value is -0.800. The number of halogens is 1. The number of anilines is 1. The fraction of sp³-hybridized carbons (Fsp3) is 0.545. The monoisotopic (exact) mass is 224 g/mol. The van der Waals surface area contributed by atoms with E-state index in [1.807, 2.05) is 6.20 Å². The summed E-state index contributed by atoms with van der Waals surface area (Å²) in [6.07, 6.45) is 3.43. The maximum Gasteiger partial charge on any atom is 0.0771 e. The third kappa shape index (κ3) is 1.60. The van der Waals surface area contributed by atoms with Gasteiger partial charge in [0.2, 0.25) is 0 Å². The quantitative estimate of drug-likeness (QED) is 0.717. The second-order valence-electron chi connectivity index (χ2n) is 4.14. The number of aromatic nitrogens is 1. The van der Waals surface area contributed by atoms with Gasteiger partial charge in [-0.3, -0.25) is 4.98 Å². The number of nitrogens with zero attached hydrogens (tertiary/aromatic N) is 2. The zero-order valence-electron chi connectivity index (χ0n) is 8.40. The summed E-state index contributed by atoms with van der Waals surface area (Å²) < 4.78 is 5.58. The first-order valence-corrected chi connectivity index (χ1v) is 5.79. The summed E-state index contributed by atoms with van der Waals surface area (Å²) in [7, 11) is 0.